The SMILES string of the molecule is CSC1OC(c2ccc(Cl)c(Cc3ccc(-c4ccc(F)cc4)s3)c2)C(O)C(O)C1O. The molecule has 2 heterocycles. The van der Waals surface area contributed by atoms with E-state index in [0.29, 0.717) is 17.0 Å². The molecule has 2 aromatic carbocycles. The first kappa shape index (κ1) is 22.7. The average Bonchev–Trinajstić information content (AvgIpc) is 3.23. The zero-order valence-electron chi connectivity index (χ0n) is 16.6. The van der Waals surface area contributed by atoms with Crippen LogP contribution in [-0.2, 0) is 11.2 Å². The van der Waals surface area contributed by atoms with Crippen LogP contribution in [0.2, 0.25) is 5.02 Å². The van der Waals surface area contributed by atoms with Crippen LogP contribution in [0.3, 0.4) is 0 Å². The Morgan fingerprint density at radius 2 is 1.74 bits per heavy atom. The van der Waals surface area contributed by atoms with E-state index in [1.54, 1.807) is 41.9 Å². The van der Waals surface area contributed by atoms with Gasteiger partial charge in [0.25, 0.3) is 0 Å². The van der Waals surface area contributed by atoms with Gasteiger partial charge in [0.2, 0.25) is 0 Å². The monoisotopic (exact) mass is 480 g/mol. The summed E-state index contributed by atoms with van der Waals surface area (Å²) in [7, 11) is 0. The van der Waals surface area contributed by atoms with Gasteiger partial charge >= 0.3 is 0 Å². The van der Waals surface area contributed by atoms with Crippen LogP contribution in [0.5, 0.6) is 0 Å². The minimum Gasteiger partial charge on any atom is -0.387 e. The Kier molecular flexibility index (Phi) is 7.03. The summed E-state index contributed by atoms with van der Waals surface area (Å²) in [5, 5.41) is 31.4. The molecule has 1 fully saturated rings. The van der Waals surface area contributed by atoms with E-state index in [-0.39, 0.29) is 5.82 Å². The molecule has 0 radical (unpaired) electrons. The van der Waals surface area contributed by atoms with Crippen molar-refractivity contribution in [2.45, 2.75) is 36.3 Å². The summed E-state index contributed by atoms with van der Waals surface area (Å²) in [4.78, 5) is 2.12. The highest BCUT2D eigenvalue weighted by Gasteiger charge is 2.44. The molecule has 5 atom stereocenters. The maximum absolute atomic E-state index is 13.2. The van der Waals surface area contributed by atoms with E-state index in [2.05, 4.69) is 0 Å². The molecular formula is C23H22ClFO4S2. The molecule has 4 rings (SSSR count). The molecule has 31 heavy (non-hydrogen) atoms. The van der Waals surface area contributed by atoms with Gasteiger partial charge in [-0.1, -0.05) is 35.9 Å². The zero-order valence-corrected chi connectivity index (χ0v) is 19.0. The van der Waals surface area contributed by atoms with Crippen molar-refractivity contribution in [2.75, 3.05) is 6.26 Å². The number of benzene rings is 2. The quantitative estimate of drug-likeness (QED) is 0.496. The molecule has 164 valence electrons. The number of aliphatic hydroxyl groups excluding tert-OH is 3. The molecule has 0 bridgehead atoms. The third-order valence-electron chi connectivity index (χ3n) is 5.36. The molecule has 1 aliphatic heterocycles. The van der Waals surface area contributed by atoms with Gasteiger partial charge < -0.3 is 20.1 Å². The minimum atomic E-state index is -1.30. The van der Waals surface area contributed by atoms with Gasteiger partial charge in [0.1, 0.15) is 35.7 Å². The van der Waals surface area contributed by atoms with Crippen LogP contribution in [0, 0.1) is 5.82 Å². The largest absolute Gasteiger partial charge is 0.387 e. The molecule has 4 nitrogen and oxygen atoms in total. The maximum atomic E-state index is 13.2. The first-order valence-corrected chi connectivity index (χ1v) is 12.2. The molecule has 0 amide bonds. The fraction of sp³-hybridized carbons (Fsp3) is 0.304. The summed E-state index contributed by atoms with van der Waals surface area (Å²) >= 11 is 9.32. The lowest BCUT2D eigenvalue weighted by Gasteiger charge is -2.40. The van der Waals surface area contributed by atoms with Crippen LogP contribution in [0.4, 0.5) is 4.39 Å². The first-order valence-electron chi connectivity index (χ1n) is 9.73. The smallest absolute Gasteiger partial charge is 0.132 e. The summed E-state index contributed by atoms with van der Waals surface area (Å²) in [6, 6.07) is 15.8. The van der Waals surface area contributed by atoms with E-state index in [1.165, 1.54) is 23.9 Å². The number of rotatable bonds is 5. The van der Waals surface area contributed by atoms with Crippen molar-refractivity contribution in [1.82, 2.24) is 0 Å². The number of hydrogen-bond acceptors (Lipinski definition) is 6. The van der Waals surface area contributed by atoms with Crippen LogP contribution in [0.25, 0.3) is 10.4 Å². The van der Waals surface area contributed by atoms with Gasteiger partial charge in [-0.05, 0) is 53.3 Å². The molecular weight excluding hydrogens is 459 g/mol. The van der Waals surface area contributed by atoms with Gasteiger partial charge in [0, 0.05) is 21.2 Å². The lowest BCUT2D eigenvalue weighted by Crippen LogP contribution is -2.52. The van der Waals surface area contributed by atoms with E-state index in [0.717, 1.165) is 20.9 Å². The van der Waals surface area contributed by atoms with Crippen LogP contribution in [0.1, 0.15) is 22.1 Å². The van der Waals surface area contributed by atoms with Gasteiger partial charge in [0.15, 0.2) is 0 Å². The highest BCUT2D eigenvalue weighted by atomic mass is 35.5. The third-order valence-corrected chi connectivity index (χ3v) is 7.71. The van der Waals surface area contributed by atoms with Gasteiger partial charge in [-0.2, -0.15) is 0 Å². The summed E-state index contributed by atoms with van der Waals surface area (Å²) in [6.45, 7) is 0. The van der Waals surface area contributed by atoms with Crippen molar-refractivity contribution in [3.8, 4) is 10.4 Å². The highest BCUT2D eigenvalue weighted by molar-refractivity contribution is 7.99. The lowest BCUT2D eigenvalue weighted by molar-refractivity contribution is -0.200. The molecule has 0 spiro atoms. The molecule has 3 N–H and O–H groups in total. The highest BCUT2D eigenvalue weighted by Crippen LogP contribution is 2.37. The number of hydrogen-bond donors (Lipinski definition) is 3. The minimum absolute atomic E-state index is 0.266. The summed E-state index contributed by atoms with van der Waals surface area (Å²) < 4.78 is 19.0. The Morgan fingerprint density at radius 3 is 2.45 bits per heavy atom. The second kappa shape index (κ2) is 9.58. The molecule has 5 unspecified atom stereocenters. The van der Waals surface area contributed by atoms with E-state index < -0.39 is 29.9 Å². The van der Waals surface area contributed by atoms with Crippen LogP contribution in [0.15, 0.2) is 54.6 Å². The van der Waals surface area contributed by atoms with E-state index >= 15 is 0 Å². The van der Waals surface area contributed by atoms with Crippen molar-refractivity contribution < 1.29 is 24.4 Å². The van der Waals surface area contributed by atoms with Crippen LogP contribution >= 0.6 is 34.7 Å². The molecule has 0 saturated carbocycles. The fourth-order valence-corrected chi connectivity index (χ4v) is 5.55. The van der Waals surface area contributed by atoms with Gasteiger partial charge in [-0.15, -0.1) is 23.1 Å². The Bertz CT molecular complexity index is 1040. The predicted octanol–water partition coefficient (Wildman–Crippen LogP) is 4.64. The predicted molar refractivity (Wildman–Crippen MR) is 123 cm³/mol. The second-order valence-corrected chi connectivity index (χ2v) is 9.94. The Hall–Kier alpha value is -1.45. The topological polar surface area (TPSA) is 69.9 Å². The van der Waals surface area contributed by atoms with Crippen molar-refractivity contribution >= 4 is 34.7 Å². The van der Waals surface area contributed by atoms with E-state index in [4.69, 9.17) is 16.3 Å². The summed E-state index contributed by atoms with van der Waals surface area (Å²) in [6.07, 6.45) is -2.13. The van der Waals surface area contributed by atoms with E-state index in [9.17, 15) is 19.7 Å². The van der Waals surface area contributed by atoms with Crippen molar-refractivity contribution in [3.63, 3.8) is 0 Å². The van der Waals surface area contributed by atoms with Crippen LogP contribution < -0.4 is 0 Å². The Balaban J connectivity index is 1.57. The molecule has 0 aliphatic carbocycles. The summed E-state index contributed by atoms with van der Waals surface area (Å²) in [5.74, 6) is -0.266. The standard InChI is InChI=1S/C23H22ClFO4S2/c1-30-23-21(28)19(26)20(27)22(29-23)13-4-8-17(24)14(10-13)11-16-7-9-18(31-16)12-2-5-15(25)6-3-12/h2-10,19-23,26-28H,11H2,1H3. The van der Waals surface area contributed by atoms with E-state index in [1.807, 2.05) is 18.2 Å². The van der Waals surface area contributed by atoms with Gasteiger partial charge in [0.05, 0.1) is 0 Å². The van der Waals surface area contributed by atoms with Crippen molar-refractivity contribution in [1.29, 1.82) is 0 Å². The molecule has 1 aliphatic rings. The fourth-order valence-electron chi connectivity index (χ4n) is 3.66. The molecule has 1 aromatic heterocycles. The number of halogens is 2. The molecule has 1 saturated heterocycles. The van der Waals surface area contributed by atoms with Gasteiger partial charge in [-0.25, -0.2) is 4.39 Å². The Labute approximate surface area is 193 Å². The number of ether oxygens (including phenoxy) is 1. The van der Waals surface area contributed by atoms with Crippen molar-refractivity contribution in [2.24, 2.45) is 0 Å². The molecule has 3 aromatic rings. The number of aliphatic hydroxyl groups is 3. The lowest BCUT2D eigenvalue weighted by atomic mass is 9.93. The summed E-state index contributed by atoms with van der Waals surface area (Å²) in [5.41, 5.74) is 1.86. The second-order valence-electron chi connectivity index (χ2n) is 7.43. The normalized spacial score (nSPS) is 26.2. The molecule has 8 heteroatoms. The third kappa shape index (κ3) is 4.83. The zero-order chi connectivity index (χ0) is 22.1. The average molecular weight is 481 g/mol. The maximum Gasteiger partial charge on any atom is 0.132 e. The van der Waals surface area contributed by atoms with Crippen LogP contribution in [-0.4, -0.2) is 45.3 Å². The number of thioether (sulfide) groups is 1. The first-order chi connectivity index (χ1) is 14.9. The van der Waals surface area contributed by atoms with Gasteiger partial charge in [-0.3, -0.25) is 0 Å². The number of thiophene rings is 1. The van der Waals surface area contributed by atoms with Crippen molar-refractivity contribution in [3.05, 3.63) is 81.4 Å². The Morgan fingerprint density at radius 1 is 1.00 bits per heavy atom.